The topological polar surface area (TPSA) is 52.6 Å². The molecule has 2 aromatic carbocycles. The molecule has 4 heterocycles. The van der Waals surface area contributed by atoms with Gasteiger partial charge in [0.15, 0.2) is 0 Å². The summed E-state index contributed by atoms with van der Waals surface area (Å²) in [6.07, 6.45) is 5.21. The zero-order valence-electron chi connectivity index (χ0n) is 23.7. The molecule has 40 heavy (non-hydrogen) atoms. The largest absolute Gasteiger partial charge is 0.352 e. The first-order valence-corrected chi connectivity index (χ1v) is 15.6. The van der Waals surface area contributed by atoms with E-state index in [0.29, 0.717) is 13.1 Å². The number of thiophene rings is 1. The van der Waals surface area contributed by atoms with Gasteiger partial charge in [0.05, 0.1) is 5.39 Å². The molecule has 0 N–H and O–H groups in total. The molecule has 2 aromatic heterocycles. The number of carbonyl (C=O) groups is 1. The van der Waals surface area contributed by atoms with Crippen LogP contribution in [-0.4, -0.2) is 64.9 Å². The molecule has 2 aliphatic heterocycles. The molecule has 7 heteroatoms. The van der Waals surface area contributed by atoms with E-state index in [2.05, 4.69) is 60.0 Å². The van der Waals surface area contributed by atoms with Crippen molar-refractivity contribution in [2.75, 3.05) is 44.2 Å². The molecular weight excluding hydrogens is 514 g/mol. The van der Waals surface area contributed by atoms with E-state index in [0.717, 1.165) is 74.0 Å². The number of likely N-dealkylation sites (N-methyl/N-ethyl adjacent to an activating group) is 1. The number of unbranched alkanes of at least 4 members (excludes halogenated alkanes) is 1. The Morgan fingerprint density at radius 3 is 2.40 bits per heavy atom. The van der Waals surface area contributed by atoms with Gasteiger partial charge in [0.25, 0.3) is 5.91 Å². The van der Waals surface area contributed by atoms with E-state index in [9.17, 15) is 4.79 Å². The molecule has 1 saturated heterocycles. The van der Waals surface area contributed by atoms with Crippen molar-refractivity contribution in [3.8, 4) is 0 Å². The number of carbonyl (C=O) groups excluding carboxylic acids is 1. The Hall–Kier alpha value is -3.29. The van der Waals surface area contributed by atoms with E-state index < -0.39 is 0 Å². The van der Waals surface area contributed by atoms with Gasteiger partial charge in [0.2, 0.25) is 0 Å². The molecule has 0 radical (unpaired) electrons. The molecule has 4 aromatic rings. The fourth-order valence-electron chi connectivity index (χ4n) is 5.93. The number of aromatic nitrogens is 2. The standard InChI is InChI=1S/C33H39N5OS/c1-3-5-9-24-12-14-26(15-13-24)33(39)38-20-18-37(19-21-38)31-30-27-16-17-36(4-2)23-28(27)40-32(30)35-29(34-31)22-25-10-7-6-8-11-25/h6-8,10-15H,3-5,9,16-23H2,1-2H3. The summed E-state index contributed by atoms with van der Waals surface area (Å²) in [6.45, 7) is 10.6. The molecule has 1 amide bonds. The van der Waals surface area contributed by atoms with Gasteiger partial charge in [-0.1, -0.05) is 62.7 Å². The highest BCUT2D eigenvalue weighted by Gasteiger charge is 2.29. The number of piperazine rings is 1. The first-order chi connectivity index (χ1) is 19.6. The van der Waals surface area contributed by atoms with Crippen LogP contribution >= 0.6 is 11.3 Å². The summed E-state index contributed by atoms with van der Waals surface area (Å²) in [4.78, 5) is 33.1. The number of benzene rings is 2. The maximum absolute atomic E-state index is 13.3. The van der Waals surface area contributed by atoms with Gasteiger partial charge in [-0.3, -0.25) is 9.69 Å². The smallest absolute Gasteiger partial charge is 0.253 e. The van der Waals surface area contributed by atoms with E-state index in [1.54, 1.807) is 0 Å². The molecular formula is C33H39N5OS. The SMILES string of the molecule is CCCCc1ccc(C(=O)N2CCN(c3nc(Cc4ccccc4)nc4sc5c(c34)CCN(CC)C5)CC2)cc1. The van der Waals surface area contributed by atoms with Crippen LogP contribution in [0.3, 0.4) is 0 Å². The zero-order valence-corrected chi connectivity index (χ0v) is 24.6. The number of nitrogens with zero attached hydrogens (tertiary/aromatic N) is 5. The van der Waals surface area contributed by atoms with Crippen LogP contribution in [-0.2, 0) is 25.8 Å². The summed E-state index contributed by atoms with van der Waals surface area (Å²) in [6, 6.07) is 18.7. The average Bonchev–Trinajstić information content (AvgIpc) is 3.37. The van der Waals surface area contributed by atoms with Gasteiger partial charge in [0, 0.05) is 56.1 Å². The van der Waals surface area contributed by atoms with Crippen LogP contribution in [0.2, 0.25) is 0 Å². The Labute approximate surface area is 241 Å². The lowest BCUT2D eigenvalue weighted by molar-refractivity contribution is 0.0746. The van der Waals surface area contributed by atoms with E-state index in [4.69, 9.17) is 9.97 Å². The number of hydrogen-bond acceptors (Lipinski definition) is 6. The molecule has 6 rings (SSSR count). The van der Waals surface area contributed by atoms with E-state index in [1.807, 2.05) is 34.4 Å². The summed E-state index contributed by atoms with van der Waals surface area (Å²) in [5.74, 6) is 2.07. The molecule has 6 nitrogen and oxygen atoms in total. The molecule has 208 valence electrons. The number of anilines is 1. The maximum Gasteiger partial charge on any atom is 0.253 e. The molecule has 0 spiro atoms. The van der Waals surface area contributed by atoms with Gasteiger partial charge in [0.1, 0.15) is 16.5 Å². The van der Waals surface area contributed by atoms with Gasteiger partial charge >= 0.3 is 0 Å². The van der Waals surface area contributed by atoms with Crippen molar-refractivity contribution >= 4 is 33.3 Å². The first-order valence-electron chi connectivity index (χ1n) is 14.8. The van der Waals surface area contributed by atoms with Crippen LogP contribution in [0.1, 0.15) is 64.4 Å². The van der Waals surface area contributed by atoms with Gasteiger partial charge < -0.3 is 9.80 Å². The quantitative estimate of drug-likeness (QED) is 0.269. The highest BCUT2D eigenvalue weighted by atomic mass is 32.1. The Kier molecular flexibility index (Phi) is 8.12. The van der Waals surface area contributed by atoms with Gasteiger partial charge in [-0.05, 0) is 54.6 Å². The summed E-state index contributed by atoms with van der Waals surface area (Å²) < 4.78 is 0. The van der Waals surface area contributed by atoms with Crippen LogP contribution in [0.15, 0.2) is 54.6 Å². The van der Waals surface area contributed by atoms with Gasteiger partial charge in [-0.15, -0.1) is 11.3 Å². The van der Waals surface area contributed by atoms with Crippen molar-refractivity contribution in [2.24, 2.45) is 0 Å². The lowest BCUT2D eigenvalue weighted by Gasteiger charge is -2.36. The van der Waals surface area contributed by atoms with Gasteiger partial charge in [-0.25, -0.2) is 9.97 Å². The molecule has 0 atom stereocenters. The monoisotopic (exact) mass is 553 g/mol. The fourth-order valence-corrected chi connectivity index (χ4v) is 7.20. The van der Waals surface area contributed by atoms with E-state index >= 15 is 0 Å². The summed E-state index contributed by atoms with van der Waals surface area (Å²) >= 11 is 1.85. The lowest BCUT2D eigenvalue weighted by Crippen LogP contribution is -2.49. The van der Waals surface area contributed by atoms with Gasteiger partial charge in [-0.2, -0.15) is 0 Å². The minimum absolute atomic E-state index is 0.131. The summed E-state index contributed by atoms with van der Waals surface area (Å²) in [5, 5.41) is 1.25. The third-order valence-corrected chi connectivity index (χ3v) is 9.46. The molecule has 0 unspecified atom stereocenters. The second-order valence-electron chi connectivity index (χ2n) is 11.0. The van der Waals surface area contributed by atoms with E-state index in [-0.39, 0.29) is 5.91 Å². The third-order valence-electron chi connectivity index (χ3n) is 8.35. The maximum atomic E-state index is 13.3. The Balaban J connectivity index is 1.24. The van der Waals surface area contributed by atoms with Crippen LogP contribution in [0, 0.1) is 0 Å². The fraction of sp³-hybridized carbons (Fsp3) is 0.424. The summed E-state index contributed by atoms with van der Waals surface area (Å²) in [5.41, 5.74) is 4.76. The molecule has 2 aliphatic rings. The minimum atomic E-state index is 0.131. The number of aryl methyl sites for hydroxylation is 1. The molecule has 0 saturated carbocycles. The predicted molar refractivity (Wildman–Crippen MR) is 164 cm³/mol. The molecule has 0 bridgehead atoms. The second-order valence-corrected chi connectivity index (χ2v) is 12.1. The van der Waals surface area contributed by atoms with Crippen molar-refractivity contribution in [1.82, 2.24) is 19.8 Å². The van der Waals surface area contributed by atoms with Crippen molar-refractivity contribution in [3.63, 3.8) is 0 Å². The Morgan fingerprint density at radius 1 is 0.900 bits per heavy atom. The van der Waals surface area contributed by atoms with Crippen molar-refractivity contribution in [2.45, 2.75) is 52.5 Å². The highest BCUT2D eigenvalue weighted by Crippen LogP contribution is 2.39. The number of hydrogen-bond donors (Lipinski definition) is 0. The van der Waals surface area contributed by atoms with Crippen molar-refractivity contribution in [3.05, 3.63) is 87.6 Å². The molecule has 1 fully saturated rings. The second kappa shape index (κ2) is 12.1. The lowest BCUT2D eigenvalue weighted by atomic mass is 10.0. The summed E-state index contributed by atoms with van der Waals surface area (Å²) in [7, 11) is 0. The number of fused-ring (bicyclic) bond motifs is 3. The van der Waals surface area contributed by atoms with Crippen molar-refractivity contribution in [1.29, 1.82) is 0 Å². The first kappa shape index (κ1) is 26.9. The Morgan fingerprint density at radius 2 is 1.68 bits per heavy atom. The van der Waals surface area contributed by atoms with E-state index in [1.165, 1.54) is 39.8 Å². The van der Waals surface area contributed by atoms with Crippen molar-refractivity contribution < 1.29 is 4.79 Å². The minimum Gasteiger partial charge on any atom is -0.352 e. The normalized spacial score (nSPS) is 15.9. The molecule has 0 aliphatic carbocycles. The van der Waals surface area contributed by atoms with Crippen LogP contribution in [0.25, 0.3) is 10.2 Å². The third kappa shape index (κ3) is 5.63. The van der Waals surface area contributed by atoms with Crippen LogP contribution < -0.4 is 4.90 Å². The number of rotatable bonds is 8. The number of amides is 1. The predicted octanol–water partition coefficient (Wildman–Crippen LogP) is 5.97. The average molecular weight is 554 g/mol. The van der Waals surface area contributed by atoms with Crippen LogP contribution in [0.5, 0.6) is 0 Å². The highest BCUT2D eigenvalue weighted by molar-refractivity contribution is 7.19. The Bertz CT molecular complexity index is 1460. The van der Waals surface area contributed by atoms with Crippen LogP contribution in [0.4, 0.5) is 5.82 Å². The zero-order chi connectivity index (χ0) is 27.5.